The van der Waals surface area contributed by atoms with Crippen molar-refractivity contribution in [3.63, 3.8) is 0 Å². The maximum Gasteiger partial charge on any atom is 0.112 e. The molecule has 0 aliphatic carbocycles. The Kier molecular flexibility index (Phi) is 2.93. The average molecular weight is 334 g/mol. The van der Waals surface area contributed by atoms with Gasteiger partial charge in [0.05, 0.1) is 17.8 Å². The summed E-state index contributed by atoms with van der Waals surface area (Å²) in [6, 6.07) is 4.11. The second-order valence-corrected chi connectivity index (χ2v) is 6.74. The lowest BCUT2D eigenvalue weighted by atomic mass is 9.87. The van der Waals surface area contributed by atoms with Crippen LogP contribution < -0.4 is 4.90 Å². The van der Waals surface area contributed by atoms with Crippen molar-refractivity contribution in [2.75, 3.05) is 31.2 Å². The van der Waals surface area contributed by atoms with Gasteiger partial charge in [-0.3, -0.25) is 9.97 Å². The number of fused-ring (bicyclic) bond motifs is 1. The van der Waals surface area contributed by atoms with Crippen LogP contribution in [-0.4, -0.2) is 36.3 Å². The molecule has 5 heteroatoms. The lowest BCUT2D eigenvalue weighted by Crippen LogP contribution is -2.27. The largest absolute Gasteiger partial charge is 0.381 e. The number of halogens is 1. The zero-order valence-corrected chi connectivity index (χ0v) is 12.8. The van der Waals surface area contributed by atoms with E-state index in [2.05, 4.69) is 36.9 Å². The molecule has 2 aromatic rings. The van der Waals surface area contributed by atoms with E-state index in [1.807, 2.05) is 18.5 Å². The van der Waals surface area contributed by atoms with Crippen LogP contribution in [0.4, 0.5) is 5.69 Å². The van der Waals surface area contributed by atoms with E-state index in [0.717, 1.165) is 41.8 Å². The van der Waals surface area contributed by atoms with E-state index in [-0.39, 0.29) is 0 Å². The Labute approximate surface area is 126 Å². The fourth-order valence-electron chi connectivity index (χ4n) is 3.36. The minimum atomic E-state index is 0.366. The summed E-state index contributed by atoms with van der Waals surface area (Å²) in [4.78, 5) is 11.4. The number of pyridine rings is 2. The van der Waals surface area contributed by atoms with E-state index < -0.39 is 0 Å². The molecule has 1 atom stereocenters. The summed E-state index contributed by atoms with van der Waals surface area (Å²) in [5.74, 6) is 0. The van der Waals surface area contributed by atoms with Gasteiger partial charge in [-0.2, -0.15) is 0 Å². The third-order valence-corrected chi connectivity index (χ3v) is 4.92. The summed E-state index contributed by atoms with van der Waals surface area (Å²) in [5.41, 5.74) is 3.50. The standard InChI is InChI=1S/C15H16BrN3O/c16-11-7-12-14(18-8-11)13(1-4-17-12)19-5-2-15(9-19)3-6-20-10-15/h1,4,7-8H,2-3,5-6,9-10H2/t15-/m1/s1. The van der Waals surface area contributed by atoms with Crippen LogP contribution in [-0.2, 0) is 4.74 Å². The zero-order valence-electron chi connectivity index (χ0n) is 11.2. The van der Waals surface area contributed by atoms with Gasteiger partial charge in [0.2, 0.25) is 0 Å². The Morgan fingerprint density at radius 2 is 2.25 bits per heavy atom. The highest BCUT2D eigenvalue weighted by Gasteiger charge is 2.41. The molecule has 1 spiro atoms. The van der Waals surface area contributed by atoms with Crippen molar-refractivity contribution in [2.24, 2.45) is 5.41 Å². The van der Waals surface area contributed by atoms with Gasteiger partial charge in [-0.25, -0.2) is 0 Å². The summed E-state index contributed by atoms with van der Waals surface area (Å²) in [7, 11) is 0. The maximum atomic E-state index is 5.61. The Morgan fingerprint density at radius 1 is 1.30 bits per heavy atom. The summed E-state index contributed by atoms with van der Waals surface area (Å²) in [6.45, 7) is 3.98. The van der Waals surface area contributed by atoms with Crippen LogP contribution in [0.5, 0.6) is 0 Å². The molecule has 0 amide bonds. The lowest BCUT2D eigenvalue weighted by molar-refractivity contribution is 0.160. The Morgan fingerprint density at radius 3 is 3.10 bits per heavy atom. The first-order valence-electron chi connectivity index (χ1n) is 6.99. The highest BCUT2D eigenvalue weighted by molar-refractivity contribution is 9.10. The van der Waals surface area contributed by atoms with Crippen molar-refractivity contribution in [3.8, 4) is 0 Å². The van der Waals surface area contributed by atoms with Gasteiger partial charge in [-0.15, -0.1) is 0 Å². The number of aromatic nitrogens is 2. The molecule has 2 aromatic heterocycles. The molecule has 0 N–H and O–H groups in total. The lowest BCUT2D eigenvalue weighted by Gasteiger charge is -2.23. The zero-order chi connectivity index (χ0) is 13.6. The van der Waals surface area contributed by atoms with Crippen LogP contribution in [0.3, 0.4) is 0 Å². The summed E-state index contributed by atoms with van der Waals surface area (Å²) < 4.78 is 6.58. The molecule has 2 aliphatic heterocycles. The third-order valence-electron chi connectivity index (χ3n) is 4.49. The van der Waals surface area contributed by atoms with Crippen molar-refractivity contribution in [3.05, 3.63) is 29.0 Å². The predicted molar refractivity (Wildman–Crippen MR) is 81.9 cm³/mol. The number of hydrogen-bond acceptors (Lipinski definition) is 4. The Bertz CT molecular complexity index is 655. The van der Waals surface area contributed by atoms with Gasteiger partial charge >= 0.3 is 0 Å². The van der Waals surface area contributed by atoms with Gasteiger partial charge in [0.25, 0.3) is 0 Å². The number of ether oxygens (including phenoxy) is 1. The van der Waals surface area contributed by atoms with Crippen molar-refractivity contribution >= 4 is 32.7 Å². The van der Waals surface area contributed by atoms with Crippen LogP contribution in [0.15, 0.2) is 29.0 Å². The average Bonchev–Trinajstić information content (AvgIpc) is 3.09. The minimum absolute atomic E-state index is 0.366. The summed E-state index contributed by atoms with van der Waals surface area (Å²) in [5, 5.41) is 0. The number of nitrogens with zero attached hydrogens (tertiary/aromatic N) is 3. The molecular formula is C15H16BrN3O. The van der Waals surface area contributed by atoms with Gasteiger partial charge in [-0.05, 0) is 40.9 Å². The fraction of sp³-hybridized carbons (Fsp3) is 0.467. The first kappa shape index (κ1) is 12.5. The fourth-order valence-corrected chi connectivity index (χ4v) is 3.68. The third kappa shape index (κ3) is 2.00. The molecule has 0 bridgehead atoms. The van der Waals surface area contributed by atoms with Crippen molar-refractivity contribution < 1.29 is 4.74 Å². The predicted octanol–water partition coefficient (Wildman–Crippen LogP) is 3.01. The molecule has 4 nitrogen and oxygen atoms in total. The van der Waals surface area contributed by atoms with Crippen LogP contribution >= 0.6 is 15.9 Å². The van der Waals surface area contributed by atoms with Gasteiger partial charge < -0.3 is 9.64 Å². The molecule has 4 heterocycles. The molecule has 0 unspecified atom stereocenters. The molecule has 104 valence electrons. The van der Waals surface area contributed by atoms with Crippen LogP contribution in [0.2, 0.25) is 0 Å². The van der Waals surface area contributed by atoms with Crippen molar-refractivity contribution in [1.82, 2.24) is 9.97 Å². The van der Waals surface area contributed by atoms with Crippen molar-refractivity contribution in [2.45, 2.75) is 12.8 Å². The van der Waals surface area contributed by atoms with E-state index >= 15 is 0 Å². The van der Waals surface area contributed by atoms with Gasteiger partial charge in [0.1, 0.15) is 5.52 Å². The molecule has 0 saturated carbocycles. The highest BCUT2D eigenvalue weighted by atomic mass is 79.9. The first-order valence-corrected chi connectivity index (χ1v) is 7.78. The van der Waals surface area contributed by atoms with Crippen molar-refractivity contribution in [1.29, 1.82) is 0 Å². The molecular weight excluding hydrogens is 318 g/mol. The monoisotopic (exact) mass is 333 g/mol. The Hall–Kier alpha value is -1.20. The smallest absolute Gasteiger partial charge is 0.112 e. The second kappa shape index (κ2) is 4.67. The van der Waals surface area contributed by atoms with E-state index in [4.69, 9.17) is 4.74 Å². The SMILES string of the molecule is Brc1cnc2c(N3CC[C@@]4(CCOC4)C3)ccnc2c1. The topological polar surface area (TPSA) is 38.2 Å². The van der Waals surface area contributed by atoms with E-state index in [1.54, 1.807) is 0 Å². The molecule has 0 aromatic carbocycles. The quantitative estimate of drug-likeness (QED) is 0.804. The van der Waals surface area contributed by atoms with Crippen LogP contribution in [0.25, 0.3) is 11.0 Å². The van der Waals surface area contributed by atoms with Gasteiger partial charge in [-0.1, -0.05) is 0 Å². The molecule has 0 radical (unpaired) electrons. The summed E-state index contributed by atoms with van der Waals surface area (Å²) in [6.07, 6.45) is 6.12. The van der Waals surface area contributed by atoms with Crippen LogP contribution in [0, 0.1) is 5.41 Å². The van der Waals surface area contributed by atoms with Crippen LogP contribution in [0.1, 0.15) is 12.8 Å². The van der Waals surface area contributed by atoms with Gasteiger partial charge in [0.15, 0.2) is 0 Å². The maximum absolute atomic E-state index is 5.61. The van der Waals surface area contributed by atoms with E-state index in [1.165, 1.54) is 18.5 Å². The second-order valence-electron chi connectivity index (χ2n) is 5.83. The molecule has 4 rings (SSSR count). The molecule has 2 aliphatic rings. The number of rotatable bonds is 1. The first-order chi connectivity index (χ1) is 9.76. The molecule has 2 saturated heterocycles. The van der Waals surface area contributed by atoms with Gasteiger partial charge in [0, 0.05) is 42.0 Å². The number of anilines is 1. The van der Waals surface area contributed by atoms with E-state index in [9.17, 15) is 0 Å². The number of hydrogen-bond donors (Lipinski definition) is 0. The van der Waals surface area contributed by atoms with E-state index in [0.29, 0.717) is 5.41 Å². The minimum Gasteiger partial charge on any atom is -0.381 e. The highest BCUT2D eigenvalue weighted by Crippen LogP contribution is 2.41. The Balaban J connectivity index is 1.72. The molecule has 20 heavy (non-hydrogen) atoms. The molecule has 2 fully saturated rings. The summed E-state index contributed by atoms with van der Waals surface area (Å²) >= 11 is 3.46. The normalized spacial score (nSPS) is 25.9.